The van der Waals surface area contributed by atoms with Crippen LogP contribution in [0.2, 0.25) is 0 Å². The largest absolute Gasteiger partial charge is 0.461 e. The molecule has 1 aliphatic heterocycles. The summed E-state index contributed by atoms with van der Waals surface area (Å²) in [4.78, 5) is 67.1. The van der Waals surface area contributed by atoms with Crippen LogP contribution in [0.4, 0.5) is 4.79 Å². The highest BCUT2D eigenvalue weighted by Gasteiger charge is 2.42. The number of rotatable bonds is 15. The first-order chi connectivity index (χ1) is 22.6. The SMILES string of the molecule is CC(C)(NC(=O)OCc1ccccc1)C(=O)N1CCC[C@H]1C(=O)C[C@@H](CCC(=O)OCc1ccccc1)C(=O)OCc1ccccc1. The summed E-state index contributed by atoms with van der Waals surface area (Å²) in [6, 6.07) is 26.8. The summed E-state index contributed by atoms with van der Waals surface area (Å²) in [5, 5.41) is 2.62. The van der Waals surface area contributed by atoms with E-state index in [1.54, 1.807) is 13.8 Å². The summed E-state index contributed by atoms with van der Waals surface area (Å²) in [5.74, 6) is -2.74. The Labute approximate surface area is 275 Å². The zero-order chi connectivity index (χ0) is 33.6. The van der Waals surface area contributed by atoms with Crippen molar-refractivity contribution in [3.63, 3.8) is 0 Å². The number of benzene rings is 3. The molecule has 0 saturated carbocycles. The van der Waals surface area contributed by atoms with Crippen LogP contribution in [0.1, 0.15) is 62.6 Å². The molecule has 1 aliphatic rings. The molecule has 0 aromatic heterocycles. The second-order valence-electron chi connectivity index (χ2n) is 12.1. The van der Waals surface area contributed by atoms with E-state index in [0.29, 0.717) is 19.4 Å². The molecule has 248 valence electrons. The highest BCUT2D eigenvalue weighted by Crippen LogP contribution is 2.26. The Morgan fingerprint density at radius 3 is 1.83 bits per heavy atom. The predicted octanol–water partition coefficient (Wildman–Crippen LogP) is 5.52. The van der Waals surface area contributed by atoms with Crippen LogP contribution in [0.15, 0.2) is 91.0 Å². The topological polar surface area (TPSA) is 128 Å². The molecule has 10 heteroatoms. The molecule has 0 unspecified atom stereocenters. The lowest BCUT2D eigenvalue weighted by Gasteiger charge is -2.33. The Kier molecular flexibility index (Phi) is 12.7. The number of Topliss-reactive ketones (excluding diaryl/α,β-unsaturated/α-hetero) is 1. The number of ketones is 1. The smallest absolute Gasteiger partial charge is 0.408 e. The Morgan fingerprint density at radius 1 is 0.766 bits per heavy atom. The number of ether oxygens (including phenoxy) is 3. The van der Waals surface area contributed by atoms with Crippen LogP contribution in [0.3, 0.4) is 0 Å². The number of nitrogens with zero attached hydrogens (tertiary/aromatic N) is 1. The summed E-state index contributed by atoms with van der Waals surface area (Å²) in [6.45, 7) is 3.62. The molecule has 1 N–H and O–H groups in total. The number of amides is 2. The number of carbonyl (C=O) groups excluding carboxylic acids is 5. The number of hydrogen-bond acceptors (Lipinski definition) is 8. The van der Waals surface area contributed by atoms with Gasteiger partial charge in [-0.3, -0.25) is 19.2 Å². The van der Waals surface area contributed by atoms with Gasteiger partial charge < -0.3 is 24.4 Å². The normalized spacial score (nSPS) is 14.9. The van der Waals surface area contributed by atoms with Crippen LogP contribution in [0.25, 0.3) is 0 Å². The molecule has 0 aliphatic carbocycles. The van der Waals surface area contributed by atoms with Crippen molar-refractivity contribution < 1.29 is 38.2 Å². The first-order valence-corrected chi connectivity index (χ1v) is 15.8. The molecule has 0 spiro atoms. The lowest BCUT2D eigenvalue weighted by Crippen LogP contribution is -2.58. The van der Waals surface area contributed by atoms with E-state index in [9.17, 15) is 24.0 Å². The van der Waals surface area contributed by atoms with E-state index in [1.165, 1.54) is 4.90 Å². The second-order valence-corrected chi connectivity index (χ2v) is 12.1. The Hall–Kier alpha value is -4.99. The molecule has 2 atom stereocenters. The molecule has 47 heavy (non-hydrogen) atoms. The summed E-state index contributed by atoms with van der Waals surface area (Å²) < 4.78 is 16.2. The molecule has 1 fully saturated rings. The van der Waals surface area contributed by atoms with Gasteiger partial charge in [0.05, 0.1) is 12.0 Å². The molecule has 1 heterocycles. The summed E-state index contributed by atoms with van der Waals surface area (Å²) in [7, 11) is 0. The van der Waals surface area contributed by atoms with E-state index < -0.39 is 41.4 Å². The van der Waals surface area contributed by atoms with Gasteiger partial charge in [0.1, 0.15) is 25.4 Å². The van der Waals surface area contributed by atoms with Gasteiger partial charge in [0.2, 0.25) is 5.91 Å². The lowest BCUT2D eigenvalue weighted by atomic mass is 9.92. The zero-order valence-corrected chi connectivity index (χ0v) is 26.9. The van der Waals surface area contributed by atoms with Crippen molar-refractivity contribution in [1.29, 1.82) is 0 Å². The maximum atomic E-state index is 13.7. The van der Waals surface area contributed by atoms with Crippen LogP contribution in [0.5, 0.6) is 0 Å². The molecule has 2 amide bonds. The lowest BCUT2D eigenvalue weighted by molar-refractivity contribution is -0.153. The van der Waals surface area contributed by atoms with Gasteiger partial charge in [-0.05, 0) is 49.8 Å². The third-order valence-corrected chi connectivity index (χ3v) is 7.99. The van der Waals surface area contributed by atoms with Crippen molar-refractivity contribution in [3.05, 3.63) is 108 Å². The van der Waals surface area contributed by atoms with Crippen molar-refractivity contribution in [2.45, 2.75) is 77.4 Å². The van der Waals surface area contributed by atoms with Crippen LogP contribution < -0.4 is 5.32 Å². The number of likely N-dealkylation sites (tertiary alicyclic amines) is 1. The highest BCUT2D eigenvalue weighted by atomic mass is 16.5. The van der Waals surface area contributed by atoms with Crippen molar-refractivity contribution in [3.8, 4) is 0 Å². The van der Waals surface area contributed by atoms with Gasteiger partial charge >= 0.3 is 18.0 Å². The number of hydrogen-bond donors (Lipinski definition) is 1. The fourth-order valence-electron chi connectivity index (χ4n) is 5.40. The fourth-order valence-corrected chi connectivity index (χ4v) is 5.40. The van der Waals surface area contributed by atoms with E-state index in [0.717, 1.165) is 16.7 Å². The van der Waals surface area contributed by atoms with E-state index in [1.807, 2.05) is 91.0 Å². The molecular formula is C37H42N2O8. The molecule has 0 bridgehead atoms. The van der Waals surface area contributed by atoms with Crippen molar-refractivity contribution in [2.24, 2.45) is 5.92 Å². The highest BCUT2D eigenvalue weighted by molar-refractivity contribution is 5.95. The number of esters is 2. The van der Waals surface area contributed by atoms with Crippen molar-refractivity contribution in [2.75, 3.05) is 6.54 Å². The minimum Gasteiger partial charge on any atom is -0.461 e. The third-order valence-electron chi connectivity index (χ3n) is 7.99. The molecule has 1 saturated heterocycles. The van der Waals surface area contributed by atoms with Gasteiger partial charge in [0.25, 0.3) is 0 Å². The van der Waals surface area contributed by atoms with Gasteiger partial charge in [-0.15, -0.1) is 0 Å². The zero-order valence-electron chi connectivity index (χ0n) is 26.9. The Morgan fingerprint density at radius 2 is 1.28 bits per heavy atom. The van der Waals surface area contributed by atoms with E-state index in [-0.39, 0.29) is 44.9 Å². The maximum absolute atomic E-state index is 13.7. The standard InChI is InChI=1S/C37H42N2O8/c1-37(2,38-36(44)47-26-29-17-10-5-11-18-29)35(43)39-22-12-19-31(39)32(40)23-30(34(42)46-25-28-15-8-4-9-16-28)20-21-33(41)45-24-27-13-6-3-7-14-27/h3-11,13-18,30-31H,12,19-26H2,1-2H3,(H,38,44)/t30-,31+/m1/s1. The molecule has 3 aromatic carbocycles. The van der Waals surface area contributed by atoms with Gasteiger partial charge in [0, 0.05) is 19.4 Å². The minimum absolute atomic E-state index is 0.0249. The Balaban J connectivity index is 1.36. The maximum Gasteiger partial charge on any atom is 0.408 e. The monoisotopic (exact) mass is 642 g/mol. The first kappa shape index (κ1) is 34.9. The van der Waals surface area contributed by atoms with Gasteiger partial charge in [-0.1, -0.05) is 91.0 Å². The fraction of sp³-hybridized carbons (Fsp3) is 0.378. The minimum atomic E-state index is -1.35. The van der Waals surface area contributed by atoms with Gasteiger partial charge in [-0.25, -0.2) is 4.79 Å². The third kappa shape index (κ3) is 10.8. The average molecular weight is 643 g/mol. The van der Waals surface area contributed by atoms with Crippen molar-refractivity contribution >= 4 is 29.7 Å². The molecule has 10 nitrogen and oxygen atoms in total. The van der Waals surface area contributed by atoms with Crippen molar-refractivity contribution in [1.82, 2.24) is 10.2 Å². The van der Waals surface area contributed by atoms with Crippen LogP contribution in [-0.2, 0) is 53.2 Å². The van der Waals surface area contributed by atoms with Crippen LogP contribution in [0, 0.1) is 5.92 Å². The quantitative estimate of drug-likeness (QED) is 0.169. The van der Waals surface area contributed by atoms with Gasteiger partial charge in [0.15, 0.2) is 5.78 Å². The molecular weight excluding hydrogens is 600 g/mol. The average Bonchev–Trinajstić information content (AvgIpc) is 3.58. The summed E-state index contributed by atoms with van der Waals surface area (Å²) >= 11 is 0. The Bertz CT molecular complexity index is 1490. The number of nitrogens with one attached hydrogen (secondary N) is 1. The van der Waals surface area contributed by atoms with Crippen LogP contribution >= 0.6 is 0 Å². The van der Waals surface area contributed by atoms with Gasteiger partial charge in [-0.2, -0.15) is 0 Å². The summed E-state index contributed by atoms with van der Waals surface area (Å²) in [5.41, 5.74) is 1.08. The molecule has 4 rings (SSSR count). The molecule has 3 aromatic rings. The van der Waals surface area contributed by atoms with E-state index >= 15 is 0 Å². The van der Waals surface area contributed by atoms with E-state index in [2.05, 4.69) is 5.32 Å². The number of alkyl carbamates (subject to hydrolysis) is 1. The summed E-state index contributed by atoms with van der Waals surface area (Å²) in [6.07, 6.45) is 0.0141. The second kappa shape index (κ2) is 17.1. The first-order valence-electron chi connectivity index (χ1n) is 15.8. The van der Waals surface area contributed by atoms with Crippen LogP contribution in [-0.4, -0.2) is 52.7 Å². The van der Waals surface area contributed by atoms with E-state index in [4.69, 9.17) is 14.2 Å². The number of carbonyl (C=O) groups is 5. The predicted molar refractivity (Wildman–Crippen MR) is 173 cm³/mol. The molecule has 0 radical (unpaired) electrons.